The molecule has 174 valence electrons. The summed E-state index contributed by atoms with van der Waals surface area (Å²) in [5.74, 6) is 0.715. The molecule has 4 rings (SSSR count). The number of halogens is 1. The monoisotopic (exact) mass is 454 g/mol. The predicted octanol–water partition coefficient (Wildman–Crippen LogP) is 2.48. The highest BCUT2D eigenvalue weighted by Gasteiger charge is 2.39. The normalized spacial score (nSPS) is 19.4. The summed E-state index contributed by atoms with van der Waals surface area (Å²) in [4.78, 5) is 26.9. The van der Waals surface area contributed by atoms with Gasteiger partial charge in [0, 0.05) is 31.9 Å². The van der Waals surface area contributed by atoms with Gasteiger partial charge in [0.1, 0.15) is 11.9 Å². The SMILES string of the molecule is COc1ccc(CNC(=O)CCN2C=CN3NC(c4ccc(F)cc4)CC3C2=O)cc1OC. The molecule has 0 radical (unpaired) electrons. The molecule has 9 heteroatoms. The molecular weight excluding hydrogens is 427 g/mol. The third-order valence-electron chi connectivity index (χ3n) is 5.86. The lowest BCUT2D eigenvalue weighted by Gasteiger charge is -2.31. The van der Waals surface area contributed by atoms with Gasteiger partial charge in [-0.25, -0.2) is 9.82 Å². The van der Waals surface area contributed by atoms with Crippen molar-refractivity contribution >= 4 is 11.8 Å². The van der Waals surface area contributed by atoms with E-state index in [2.05, 4.69) is 10.7 Å². The van der Waals surface area contributed by atoms with E-state index in [-0.39, 0.29) is 36.1 Å². The number of fused-ring (bicyclic) bond motifs is 1. The molecule has 1 saturated heterocycles. The zero-order chi connectivity index (χ0) is 23.4. The van der Waals surface area contributed by atoms with Crippen molar-refractivity contribution in [2.45, 2.75) is 31.5 Å². The van der Waals surface area contributed by atoms with Crippen molar-refractivity contribution in [2.75, 3.05) is 20.8 Å². The quantitative estimate of drug-likeness (QED) is 0.638. The highest BCUT2D eigenvalue weighted by molar-refractivity contribution is 5.85. The van der Waals surface area contributed by atoms with Crippen LogP contribution in [-0.4, -0.2) is 48.5 Å². The van der Waals surface area contributed by atoms with Crippen molar-refractivity contribution in [2.24, 2.45) is 0 Å². The Morgan fingerprint density at radius 3 is 2.61 bits per heavy atom. The zero-order valence-electron chi connectivity index (χ0n) is 18.6. The van der Waals surface area contributed by atoms with Gasteiger partial charge >= 0.3 is 0 Å². The Morgan fingerprint density at radius 2 is 1.88 bits per heavy atom. The average Bonchev–Trinajstić information content (AvgIpc) is 3.27. The van der Waals surface area contributed by atoms with Gasteiger partial charge in [0.05, 0.1) is 20.3 Å². The maximum atomic E-state index is 13.2. The molecule has 33 heavy (non-hydrogen) atoms. The molecule has 0 aromatic heterocycles. The highest BCUT2D eigenvalue weighted by Crippen LogP contribution is 2.31. The van der Waals surface area contributed by atoms with Crippen LogP contribution in [0.25, 0.3) is 0 Å². The van der Waals surface area contributed by atoms with Crippen molar-refractivity contribution in [3.63, 3.8) is 0 Å². The van der Waals surface area contributed by atoms with Crippen molar-refractivity contribution in [1.82, 2.24) is 20.7 Å². The van der Waals surface area contributed by atoms with Gasteiger partial charge in [-0.1, -0.05) is 18.2 Å². The first-order valence-corrected chi connectivity index (χ1v) is 10.7. The molecule has 1 fully saturated rings. The molecule has 2 amide bonds. The van der Waals surface area contributed by atoms with Crippen LogP contribution in [0.1, 0.15) is 30.0 Å². The Kier molecular flexibility index (Phi) is 6.79. The minimum absolute atomic E-state index is 0.0673. The predicted molar refractivity (Wildman–Crippen MR) is 119 cm³/mol. The third-order valence-corrected chi connectivity index (χ3v) is 5.86. The van der Waals surface area contributed by atoms with E-state index in [1.165, 1.54) is 12.1 Å². The van der Waals surface area contributed by atoms with Crippen LogP contribution in [0, 0.1) is 5.82 Å². The molecule has 2 unspecified atom stereocenters. The van der Waals surface area contributed by atoms with Gasteiger partial charge in [-0.2, -0.15) is 0 Å². The van der Waals surface area contributed by atoms with Gasteiger partial charge in [0.2, 0.25) is 5.91 Å². The molecule has 2 N–H and O–H groups in total. The fourth-order valence-electron chi connectivity index (χ4n) is 4.04. The standard InChI is InChI=1S/C24H27FN4O4/c1-32-21-8-3-16(13-22(21)33-2)15-26-23(30)9-10-28-11-12-29-20(24(28)31)14-19(27-29)17-4-6-18(25)7-5-17/h3-8,11-13,19-20,27H,9-10,14-15H2,1-2H3,(H,26,30). The number of hydrogen-bond donors (Lipinski definition) is 2. The first-order chi connectivity index (χ1) is 16.0. The molecule has 2 aromatic carbocycles. The molecule has 2 aliphatic rings. The minimum atomic E-state index is -0.361. The molecule has 0 saturated carbocycles. The number of nitrogens with one attached hydrogen (secondary N) is 2. The van der Waals surface area contributed by atoms with Crippen molar-refractivity contribution in [1.29, 1.82) is 0 Å². The van der Waals surface area contributed by atoms with E-state index in [1.54, 1.807) is 54.7 Å². The number of ether oxygens (including phenoxy) is 2. The van der Waals surface area contributed by atoms with E-state index in [0.717, 1.165) is 11.1 Å². The number of carbonyl (C=O) groups is 2. The van der Waals surface area contributed by atoms with E-state index >= 15 is 0 Å². The smallest absolute Gasteiger partial charge is 0.250 e. The van der Waals surface area contributed by atoms with Gasteiger partial charge < -0.3 is 24.7 Å². The lowest BCUT2D eigenvalue weighted by atomic mass is 10.0. The van der Waals surface area contributed by atoms with Crippen molar-refractivity contribution in [3.8, 4) is 11.5 Å². The van der Waals surface area contributed by atoms with Crippen LogP contribution in [-0.2, 0) is 16.1 Å². The first kappa shape index (κ1) is 22.6. The number of methoxy groups -OCH3 is 2. The summed E-state index contributed by atoms with van der Waals surface area (Å²) in [6.45, 7) is 0.640. The van der Waals surface area contributed by atoms with Crippen LogP contribution >= 0.6 is 0 Å². The molecule has 2 aromatic rings. The molecular formula is C24H27FN4O4. The molecule has 0 aliphatic carbocycles. The third kappa shape index (κ3) is 5.09. The molecule has 8 nitrogen and oxygen atoms in total. The summed E-state index contributed by atoms with van der Waals surface area (Å²) in [7, 11) is 3.13. The number of amides is 2. The van der Waals surface area contributed by atoms with Crippen molar-refractivity contribution < 1.29 is 23.5 Å². The van der Waals surface area contributed by atoms with Crippen LogP contribution in [0.5, 0.6) is 11.5 Å². The van der Waals surface area contributed by atoms with E-state index < -0.39 is 0 Å². The minimum Gasteiger partial charge on any atom is -0.493 e. The lowest BCUT2D eigenvalue weighted by Crippen LogP contribution is -2.48. The van der Waals surface area contributed by atoms with Gasteiger partial charge in [0.15, 0.2) is 11.5 Å². The van der Waals surface area contributed by atoms with Gasteiger partial charge in [-0.3, -0.25) is 9.59 Å². The molecule has 2 atom stereocenters. The summed E-state index contributed by atoms with van der Waals surface area (Å²) >= 11 is 0. The number of nitrogens with zero attached hydrogens (tertiary/aromatic N) is 2. The molecule has 2 heterocycles. The molecule has 0 bridgehead atoms. The van der Waals surface area contributed by atoms with Crippen LogP contribution in [0.15, 0.2) is 54.9 Å². The number of benzene rings is 2. The number of rotatable bonds is 8. The summed E-state index contributed by atoms with van der Waals surface area (Å²) < 4.78 is 23.7. The summed E-state index contributed by atoms with van der Waals surface area (Å²) in [5, 5.41) is 4.65. The number of hydrazine groups is 1. The number of hydrogen-bond acceptors (Lipinski definition) is 6. The van der Waals surface area contributed by atoms with Crippen molar-refractivity contribution in [3.05, 3.63) is 71.8 Å². The van der Waals surface area contributed by atoms with Crippen LogP contribution in [0.4, 0.5) is 4.39 Å². The van der Waals surface area contributed by atoms with E-state index in [9.17, 15) is 14.0 Å². The van der Waals surface area contributed by atoms with Gasteiger partial charge in [-0.15, -0.1) is 0 Å². The second-order valence-electron chi connectivity index (χ2n) is 7.94. The second-order valence-corrected chi connectivity index (χ2v) is 7.94. The largest absolute Gasteiger partial charge is 0.493 e. The van der Waals surface area contributed by atoms with Crippen LogP contribution < -0.4 is 20.2 Å². The summed E-state index contributed by atoms with van der Waals surface area (Å²) in [6, 6.07) is 11.3. The summed E-state index contributed by atoms with van der Waals surface area (Å²) in [5.41, 5.74) is 5.09. The second kappa shape index (κ2) is 9.91. The maximum Gasteiger partial charge on any atom is 0.250 e. The first-order valence-electron chi connectivity index (χ1n) is 10.7. The topological polar surface area (TPSA) is 83.1 Å². The van der Waals surface area contributed by atoms with Gasteiger partial charge in [-0.05, 0) is 41.8 Å². The Labute approximate surface area is 191 Å². The van der Waals surface area contributed by atoms with E-state index in [1.807, 2.05) is 12.1 Å². The summed E-state index contributed by atoms with van der Waals surface area (Å²) in [6.07, 6.45) is 4.24. The average molecular weight is 455 g/mol. The Morgan fingerprint density at radius 1 is 1.12 bits per heavy atom. The fraction of sp³-hybridized carbons (Fsp3) is 0.333. The van der Waals surface area contributed by atoms with E-state index in [4.69, 9.17) is 9.47 Å². The lowest BCUT2D eigenvalue weighted by molar-refractivity contribution is -0.134. The van der Waals surface area contributed by atoms with Crippen LogP contribution in [0.2, 0.25) is 0 Å². The molecule has 0 spiro atoms. The van der Waals surface area contributed by atoms with Crippen LogP contribution in [0.3, 0.4) is 0 Å². The fourth-order valence-corrected chi connectivity index (χ4v) is 4.04. The highest BCUT2D eigenvalue weighted by atomic mass is 19.1. The Hall–Kier alpha value is -3.59. The molecule has 2 aliphatic heterocycles. The maximum absolute atomic E-state index is 13.2. The number of carbonyl (C=O) groups excluding carboxylic acids is 2. The Bertz CT molecular complexity index is 1040. The van der Waals surface area contributed by atoms with Gasteiger partial charge in [0.25, 0.3) is 5.91 Å². The zero-order valence-corrected chi connectivity index (χ0v) is 18.6. The Balaban J connectivity index is 1.27. The van der Waals surface area contributed by atoms with E-state index in [0.29, 0.717) is 31.0 Å².